The van der Waals surface area contributed by atoms with Gasteiger partial charge in [0.25, 0.3) is 0 Å². The lowest BCUT2D eigenvalue weighted by molar-refractivity contribution is -0.170. The van der Waals surface area contributed by atoms with Gasteiger partial charge in [0.2, 0.25) is 6.41 Å². The third-order valence-electron chi connectivity index (χ3n) is 7.31. The molecule has 2 N–H and O–H groups in total. The molecule has 1 aliphatic carbocycles. The summed E-state index contributed by atoms with van der Waals surface area (Å²) in [5.41, 5.74) is 1.04. The van der Waals surface area contributed by atoms with E-state index in [2.05, 4.69) is 35.8 Å². The van der Waals surface area contributed by atoms with Gasteiger partial charge in [0, 0.05) is 30.2 Å². The second-order valence-corrected chi connectivity index (χ2v) is 15.0. The molecule has 244 valence electrons. The summed E-state index contributed by atoms with van der Waals surface area (Å²) in [7, 11) is 0. The van der Waals surface area contributed by atoms with Crippen molar-refractivity contribution in [1.29, 1.82) is 0 Å². The van der Waals surface area contributed by atoms with Crippen LogP contribution < -0.4 is 10.0 Å². The predicted molar refractivity (Wildman–Crippen MR) is 166 cm³/mol. The van der Waals surface area contributed by atoms with Crippen LogP contribution in [0.1, 0.15) is 84.8 Å². The molecule has 0 spiro atoms. The maximum absolute atomic E-state index is 14.2. The molecule has 0 bridgehead atoms. The van der Waals surface area contributed by atoms with Crippen LogP contribution >= 0.6 is 11.9 Å². The van der Waals surface area contributed by atoms with Gasteiger partial charge >= 0.3 is 12.3 Å². The highest BCUT2D eigenvalue weighted by atomic mass is 32.2. The number of carbonyl (C=O) groups excluding carboxylic acids is 2. The number of likely N-dealkylation sites (tertiary alicyclic amines) is 1. The summed E-state index contributed by atoms with van der Waals surface area (Å²) >= 11 is 1.67. The number of pyridine rings is 1. The Morgan fingerprint density at radius 2 is 1.70 bits per heavy atom. The van der Waals surface area contributed by atoms with E-state index in [1.807, 2.05) is 18.2 Å². The number of alkyl halides is 3. The van der Waals surface area contributed by atoms with E-state index in [1.54, 1.807) is 51.2 Å². The van der Waals surface area contributed by atoms with Gasteiger partial charge in [-0.1, -0.05) is 30.9 Å². The number of carbonyl (C=O) groups is 2. The number of rotatable bonds is 9. The Morgan fingerprint density at radius 3 is 2.23 bits per heavy atom. The Morgan fingerprint density at radius 1 is 1.05 bits per heavy atom. The largest absolute Gasteiger partial charge is 0.444 e. The number of anilines is 1. The first-order valence-corrected chi connectivity index (χ1v) is 15.7. The molecule has 12 heteroatoms. The first-order chi connectivity index (χ1) is 20.4. The van der Waals surface area contributed by atoms with Crippen LogP contribution in [0, 0.1) is 17.7 Å². The average Bonchev–Trinajstić information content (AvgIpc) is 3.61. The van der Waals surface area contributed by atoms with Gasteiger partial charge in [-0.2, -0.15) is 13.2 Å². The molecule has 2 amide bonds. The molecule has 2 aliphatic rings. The SMILES string of the molecule is CC(C)(C)OC(=O)N1CCC(C(F)(F)F)C1.CC(C)(C)SNC(CCC1CC1)(c1ccncc1)c1ccc(F)c(NC=O)c1. The fourth-order valence-corrected chi connectivity index (χ4v) is 5.63. The molecular weight excluding hydrogens is 596 g/mol. The third kappa shape index (κ3) is 10.6. The Kier molecular flexibility index (Phi) is 11.7. The second kappa shape index (κ2) is 14.5. The van der Waals surface area contributed by atoms with Crippen molar-refractivity contribution in [2.24, 2.45) is 11.8 Å². The highest BCUT2D eigenvalue weighted by Gasteiger charge is 2.45. The molecule has 0 radical (unpaired) electrons. The third-order valence-corrected chi connectivity index (χ3v) is 8.37. The van der Waals surface area contributed by atoms with Crippen molar-refractivity contribution in [3.63, 3.8) is 0 Å². The number of amides is 2. The molecule has 2 aromatic rings. The minimum Gasteiger partial charge on any atom is -0.444 e. The Bertz CT molecular complexity index is 1250. The topological polar surface area (TPSA) is 83.6 Å². The smallest absolute Gasteiger partial charge is 0.410 e. The molecule has 44 heavy (non-hydrogen) atoms. The zero-order valence-corrected chi connectivity index (χ0v) is 27.1. The lowest BCUT2D eigenvalue weighted by Gasteiger charge is -2.38. The number of aromatic nitrogens is 1. The van der Waals surface area contributed by atoms with Crippen molar-refractivity contribution in [3.05, 3.63) is 59.7 Å². The molecule has 2 unspecified atom stereocenters. The molecule has 4 rings (SSSR count). The van der Waals surface area contributed by atoms with Crippen LogP contribution in [0.3, 0.4) is 0 Å². The first kappa shape index (κ1) is 35.6. The molecule has 2 heterocycles. The van der Waals surface area contributed by atoms with Crippen LogP contribution in [0.15, 0.2) is 42.7 Å². The van der Waals surface area contributed by atoms with Crippen molar-refractivity contribution in [3.8, 4) is 0 Å². The number of hydrogen-bond donors (Lipinski definition) is 2. The maximum atomic E-state index is 14.2. The van der Waals surface area contributed by atoms with Crippen LogP contribution in [0.5, 0.6) is 0 Å². The number of nitrogens with one attached hydrogen (secondary N) is 2. The van der Waals surface area contributed by atoms with Crippen LogP contribution in [-0.2, 0) is 15.1 Å². The molecular formula is C32H44F4N4O3S. The summed E-state index contributed by atoms with van der Waals surface area (Å²) in [5.74, 6) is -1.10. The van der Waals surface area contributed by atoms with Gasteiger partial charge in [-0.05, 0) is 102 Å². The number of benzene rings is 1. The highest BCUT2D eigenvalue weighted by molar-refractivity contribution is 7.98. The van der Waals surface area contributed by atoms with E-state index < -0.39 is 35.1 Å². The van der Waals surface area contributed by atoms with Crippen LogP contribution in [-0.4, -0.2) is 52.0 Å². The van der Waals surface area contributed by atoms with Crippen LogP contribution in [0.4, 0.5) is 28.0 Å². The monoisotopic (exact) mass is 640 g/mol. The van der Waals surface area contributed by atoms with E-state index in [0.717, 1.165) is 34.8 Å². The van der Waals surface area contributed by atoms with Gasteiger partial charge in [-0.15, -0.1) is 0 Å². The zero-order chi connectivity index (χ0) is 32.8. The van der Waals surface area contributed by atoms with E-state index in [9.17, 15) is 27.2 Å². The lowest BCUT2D eigenvalue weighted by Crippen LogP contribution is -2.42. The van der Waals surface area contributed by atoms with Crippen molar-refractivity contribution in [1.82, 2.24) is 14.6 Å². The van der Waals surface area contributed by atoms with E-state index in [-0.39, 0.29) is 29.9 Å². The number of hydrogen-bond acceptors (Lipinski definition) is 6. The molecule has 1 aromatic carbocycles. The molecule has 1 saturated heterocycles. The van der Waals surface area contributed by atoms with Gasteiger partial charge < -0.3 is 15.0 Å². The van der Waals surface area contributed by atoms with Gasteiger partial charge in [0.15, 0.2) is 0 Å². The van der Waals surface area contributed by atoms with Gasteiger partial charge in [0.05, 0.1) is 17.1 Å². The van der Waals surface area contributed by atoms with E-state index in [1.165, 1.54) is 18.9 Å². The van der Waals surface area contributed by atoms with Gasteiger partial charge in [0.1, 0.15) is 11.4 Å². The number of nitrogens with zero attached hydrogens (tertiary/aromatic N) is 2. The molecule has 7 nitrogen and oxygen atoms in total. The molecule has 1 saturated carbocycles. The maximum Gasteiger partial charge on any atom is 0.410 e. The van der Waals surface area contributed by atoms with Crippen molar-refractivity contribution in [2.75, 3.05) is 18.4 Å². The standard InChI is InChI=1S/C22H28FN3OS.C10H16F3NO2/c1-21(2,3)28-26-22(11-8-16-4-5-16,17-9-12-24-13-10-17)18-6-7-19(23)20(14-18)25-15-27;1-9(2,3)16-8(15)14-5-4-7(6-14)10(11,12)13/h6-7,9-10,12-16,26H,4-5,8,11H2,1-3H3,(H,25,27);7H,4-6H2,1-3H3. The lowest BCUT2D eigenvalue weighted by atomic mass is 9.79. The first-order valence-electron chi connectivity index (χ1n) is 14.8. The van der Waals surface area contributed by atoms with Crippen LogP contribution in [0.25, 0.3) is 0 Å². The van der Waals surface area contributed by atoms with E-state index in [0.29, 0.717) is 6.41 Å². The minimum absolute atomic E-state index is 0.00175. The molecule has 1 aromatic heterocycles. The average molecular weight is 641 g/mol. The van der Waals surface area contributed by atoms with Crippen molar-refractivity contribution in [2.45, 2.75) is 95.7 Å². The fourth-order valence-electron chi connectivity index (χ4n) is 4.81. The van der Waals surface area contributed by atoms with Gasteiger partial charge in [-0.25, -0.2) is 13.9 Å². The quantitative estimate of drug-likeness (QED) is 0.164. The number of ether oxygens (including phenoxy) is 1. The molecule has 2 atom stereocenters. The Labute approximate surface area is 262 Å². The molecule has 1 aliphatic heterocycles. The Balaban J connectivity index is 0.000000281. The van der Waals surface area contributed by atoms with Crippen LogP contribution in [0.2, 0.25) is 0 Å². The summed E-state index contributed by atoms with van der Waals surface area (Å²) < 4.78 is 60.0. The highest BCUT2D eigenvalue weighted by Crippen LogP contribution is 2.44. The Hall–Kier alpha value is -2.86. The van der Waals surface area contributed by atoms with Crippen molar-refractivity contribution < 1.29 is 31.9 Å². The van der Waals surface area contributed by atoms with E-state index in [4.69, 9.17) is 4.74 Å². The van der Waals surface area contributed by atoms with E-state index >= 15 is 0 Å². The minimum atomic E-state index is -4.23. The fraction of sp³-hybridized carbons (Fsp3) is 0.594. The van der Waals surface area contributed by atoms with Crippen molar-refractivity contribution >= 4 is 30.1 Å². The summed E-state index contributed by atoms with van der Waals surface area (Å²) in [6, 6.07) is 9.01. The summed E-state index contributed by atoms with van der Waals surface area (Å²) in [4.78, 5) is 27.7. The number of halogens is 4. The normalized spacial score (nSPS) is 18.6. The molecule has 2 fully saturated rings. The second-order valence-electron chi connectivity index (χ2n) is 13.4. The summed E-state index contributed by atoms with van der Waals surface area (Å²) in [5, 5.41) is 2.49. The zero-order valence-electron chi connectivity index (χ0n) is 26.3. The predicted octanol–water partition coefficient (Wildman–Crippen LogP) is 8.06. The summed E-state index contributed by atoms with van der Waals surface area (Å²) in [6.45, 7) is 11.3. The van der Waals surface area contributed by atoms with Gasteiger partial charge in [-0.3, -0.25) is 9.78 Å². The summed E-state index contributed by atoms with van der Waals surface area (Å²) in [6.07, 6.45) is 3.69.